The summed E-state index contributed by atoms with van der Waals surface area (Å²) in [5.74, 6) is -0.508. The Hall–Kier alpha value is -2.92. The number of hydrogen-bond acceptors (Lipinski definition) is 4. The van der Waals surface area contributed by atoms with Gasteiger partial charge in [0.25, 0.3) is 5.91 Å². The Morgan fingerprint density at radius 3 is 2.64 bits per heavy atom. The number of carbonyl (C=O) groups is 1. The molecule has 0 saturated carbocycles. The third-order valence-electron chi connectivity index (χ3n) is 3.91. The Labute approximate surface area is 148 Å². The highest BCUT2D eigenvalue weighted by Crippen LogP contribution is 2.24. The van der Waals surface area contributed by atoms with E-state index in [9.17, 15) is 9.90 Å². The van der Waals surface area contributed by atoms with Gasteiger partial charge in [0.2, 0.25) is 0 Å². The third kappa shape index (κ3) is 4.55. The number of benzene rings is 1. The Morgan fingerprint density at radius 2 is 2.04 bits per heavy atom. The fourth-order valence-corrected chi connectivity index (χ4v) is 2.39. The van der Waals surface area contributed by atoms with Gasteiger partial charge in [-0.05, 0) is 30.2 Å². The van der Waals surface area contributed by atoms with Gasteiger partial charge in [-0.25, -0.2) is 0 Å². The Morgan fingerprint density at radius 1 is 1.36 bits per heavy atom. The second-order valence-electron chi connectivity index (χ2n) is 6.03. The molecule has 1 aromatic rings. The number of amides is 1. The molecule has 0 unspecified atom stereocenters. The maximum atomic E-state index is 12.4. The Bertz CT molecular complexity index is 745. The smallest absolute Gasteiger partial charge is 0.257 e. The van der Waals surface area contributed by atoms with Crippen LogP contribution in [0.4, 0.5) is 5.69 Å². The summed E-state index contributed by atoms with van der Waals surface area (Å²) in [7, 11) is 0. The molecule has 2 N–H and O–H groups in total. The lowest BCUT2D eigenvalue weighted by atomic mass is 10.0. The summed E-state index contributed by atoms with van der Waals surface area (Å²) in [4.78, 5) is 12.4. The summed E-state index contributed by atoms with van der Waals surface area (Å²) in [5.41, 5.74) is 1.42. The normalized spacial score (nSPS) is 16.9. The van der Waals surface area contributed by atoms with Crippen LogP contribution >= 0.6 is 0 Å². The van der Waals surface area contributed by atoms with Gasteiger partial charge < -0.3 is 10.4 Å². The van der Waals surface area contributed by atoms with Crippen LogP contribution in [-0.4, -0.2) is 34.4 Å². The zero-order valence-corrected chi connectivity index (χ0v) is 14.4. The number of β-amino-alcohol motifs (C(OH)–C–C–N with tert-alkyl or cyclic N) is 1. The minimum Gasteiger partial charge on any atom is -0.378 e. The van der Waals surface area contributed by atoms with Crippen molar-refractivity contribution >= 4 is 17.8 Å². The molecular formula is C20H23N3O2. The molecule has 5 heteroatoms. The van der Waals surface area contributed by atoms with Crippen molar-refractivity contribution in [3.05, 3.63) is 79.1 Å². The van der Waals surface area contributed by atoms with E-state index in [0.29, 0.717) is 17.8 Å². The maximum absolute atomic E-state index is 12.4. The van der Waals surface area contributed by atoms with Crippen LogP contribution < -0.4 is 5.32 Å². The largest absolute Gasteiger partial charge is 0.378 e. The summed E-state index contributed by atoms with van der Waals surface area (Å²) in [6, 6.07) is 8.99. The Balaban J connectivity index is 2.12. The molecule has 1 aliphatic heterocycles. The van der Waals surface area contributed by atoms with Crippen molar-refractivity contribution in [3.8, 4) is 0 Å². The van der Waals surface area contributed by atoms with E-state index in [4.69, 9.17) is 0 Å². The number of nitrogens with one attached hydrogen (secondary N) is 1. The minimum atomic E-state index is -1.65. The minimum absolute atomic E-state index is 0.0180. The van der Waals surface area contributed by atoms with E-state index in [1.807, 2.05) is 18.2 Å². The summed E-state index contributed by atoms with van der Waals surface area (Å²) < 4.78 is 0. The summed E-state index contributed by atoms with van der Waals surface area (Å²) in [5, 5.41) is 19.2. The quantitative estimate of drug-likeness (QED) is 0.837. The SMILES string of the molecule is C=CC1=C(C=C)CC(=C)N(C[C@](C)(O)C(=O)Nc2ccccc2)N=C1. The number of hydrazone groups is 1. The van der Waals surface area contributed by atoms with Crippen LogP contribution in [0.1, 0.15) is 13.3 Å². The topological polar surface area (TPSA) is 64.9 Å². The lowest BCUT2D eigenvalue weighted by Crippen LogP contribution is -2.48. The van der Waals surface area contributed by atoms with Crippen LogP contribution in [0.3, 0.4) is 0 Å². The van der Waals surface area contributed by atoms with Gasteiger partial charge in [-0.2, -0.15) is 5.10 Å². The van der Waals surface area contributed by atoms with Gasteiger partial charge in [-0.3, -0.25) is 9.80 Å². The molecule has 0 fully saturated rings. The zero-order valence-electron chi connectivity index (χ0n) is 14.4. The van der Waals surface area contributed by atoms with E-state index in [1.54, 1.807) is 30.5 Å². The summed E-state index contributed by atoms with van der Waals surface area (Å²) in [6.45, 7) is 13.0. The van der Waals surface area contributed by atoms with Crippen molar-refractivity contribution in [3.63, 3.8) is 0 Å². The predicted octanol–water partition coefficient (Wildman–Crippen LogP) is 3.25. The molecule has 1 aliphatic rings. The number of rotatable bonds is 6. The fraction of sp³-hybridized carbons (Fsp3) is 0.200. The lowest BCUT2D eigenvalue weighted by Gasteiger charge is -2.29. The van der Waals surface area contributed by atoms with Gasteiger partial charge in [0.1, 0.15) is 0 Å². The molecule has 2 rings (SSSR count). The van der Waals surface area contributed by atoms with Crippen LogP contribution in [0, 0.1) is 0 Å². The van der Waals surface area contributed by atoms with Crippen molar-refractivity contribution < 1.29 is 9.90 Å². The van der Waals surface area contributed by atoms with Gasteiger partial charge in [-0.1, -0.05) is 50.1 Å². The van der Waals surface area contributed by atoms with Crippen molar-refractivity contribution in [2.45, 2.75) is 18.9 Å². The number of para-hydroxylation sites is 1. The number of hydrogen-bond donors (Lipinski definition) is 2. The van der Waals surface area contributed by atoms with Crippen LogP contribution in [0.2, 0.25) is 0 Å². The molecule has 25 heavy (non-hydrogen) atoms. The fourth-order valence-electron chi connectivity index (χ4n) is 2.39. The van der Waals surface area contributed by atoms with Gasteiger partial charge in [0.05, 0.1) is 12.8 Å². The highest BCUT2D eigenvalue weighted by molar-refractivity contribution is 5.97. The standard InChI is InChI=1S/C20H23N3O2/c1-5-16-12-15(3)23(21-13-17(16)6-2)14-20(4,25)19(24)22-18-10-8-7-9-11-18/h5-11,13,25H,1-3,12,14H2,4H3,(H,22,24)/t20-/m0/s1. The Kier molecular flexibility index (Phi) is 5.72. The van der Waals surface area contributed by atoms with Crippen molar-refractivity contribution in [2.75, 3.05) is 11.9 Å². The molecule has 130 valence electrons. The predicted molar refractivity (Wildman–Crippen MR) is 102 cm³/mol. The number of allylic oxidation sites excluding steroid dienone is 4. The van der Waals surface area contributed by atoms with E-state index in [-0.39, 0.29) is 6.54 Å². The first-order valence-electron chi connectivity index (χ1n) is 7.93. The first-order chi connectivity index (χ1) is 11.9. The number of anilines is 1. The summed E-state index contributed by atoms with van der Waals surface area (Å²) >= 11 is 0. The molecule has 0 aliphatic carbocycles. The number of carbonyl (C=O) groups excluding carboxylic acids is 1. The van der Waals surface area contributed by atoms with E-state index < -0.39 is 11.5 Å². The average Bonchev–Trinajstić information content (AvgIpc) is 2.74. The molecule has 0 saturated heterocycles. The first-order valence-corrected chi connectivity index (χ1v) is 7.93. The molecule has 0 bridgehead atoms. The second kappa shape index (κ2) is 7.77. The van der Waals surface area contributed by atoms with Gasteiger partial charge in [-0.15, -0.1) is 0 Å². The molecule has 5 nitrogen and oxygen atoms in total. The van der Waals surface area contributed by atoms with Crippen LogP contribution in [-0.2, 0) is 4.79 Å². The molecule has 1 atom stereocenters. The molecule has 0 spiro atoms. The van der Waals surface area contributed by atoms with Crippen LogP contribution in [0.25, 0.3) is 0 Å². The lowest BCUT2D eigenvalue weighted by molar-refractivity contribution is -0.133. The number of nitrogens with zero attached hydrogens (tertiary/aromatic N) is 2. The zero-order chi connectivity index (χ0) is 18.4. The summed E-state index contributed by atoms with van der Waals surface area (Å²) in [6.07, 6.45) is 5.57. The van der Waals surface area contributed by atoms with Crippen molar-refractivity contribution in [1.82, 2.24) is 5.01 Å². The highest BCUT2D eigenvalue weighted by Gasteiger charge is 2.33. The van der Waals surface area contributed by atoms with Crippen LogP contribution in [0.5, 0.6) is 0 Å². The molecule has 1 heterocycles. The monoisotopic (exact) mass is 337 g/mol. The van der Waals surface area contributed by atoms with Gasteiger partial charge in [0.15, 0.2) is 5.60 Å². The molecule has 1 aromatic carbocycles. The first kappa shape index (κ1) is 18.4. The van der Waals surface area contributed by atoms with Crippen molar-refractivity contribution in [2.24, 2.45) is 5.10 Å². The molecular weight excluding hydrogens is 314 g/mol. The number of aliphatic hydroxyl groups is 1. The van der Waals surface area contributed by atoms with Crippen LogP contribution in [0.15, 0.2) is 84.2 Å². The van der Waals surface area contributed by atoms with E-state index in [0.717, 1.165) is 11.1 Å². The molecule has 0 radical (unpaired) electrons. The van der Waals surface area contributed by atoms with E-state index >= 15 is 0 Å². The van der Waals surface area contributed by atoms with Gasteiger partial charge in [0, 0.05) is 17.8 Å². The highest BCUT2D eigenvalue weighted by atomic mass is 16.3. The van der Waals surface area contributed by atoms with Gasteiger partial charge >= 0.3 is 0 Å². The molecule has 1 amide bonds. The molecule has 0 aromatic heterocycles. The van der Waals surface area contributed by atoms with Crippen molar-refractivity contribution in [1.29, 1.82) is 0 Å². The average molecular weight is 337 g/mol. The maximum Gasteiger partial charge on any atom is 0.257 e. The van der Waals surface area contributed by atoms with E-state index in [1.165, 1.54) is 11.9 Å². The third-order valence-corrected chi connectivity index (χ3v) is 3.91. The second-order valence-corrected chi connectivity index (χ2v) is 6.03. The van der Waals surface area contributed by atoms with E-state index in [2.05, 4.69) is 30.2 Å².